The van der Waals surface area contributed by atoms with Gasteiger partial charge >= 0.3 is 0 Å². The molecule has 0 aliphatic carbocycles. The standard InChI is InChI=1S/C49H80O8/c1-4-6-8-10-12-14-16-18-20-22-24-26-28-30-32-34-43(51)47(54)48(55)49(56,46(53)39-37-41-36-38-42(50)44(40-41)57-3)45(52)35-33-31-29-27-25-23-21-19-17-15-13-11-9-7-5-2/h18-21,36-40,47-48,50,54-56H,4-17,22-35H2,1-3H3/b20-18-,21-19-,39-37+. The van der Waals surface area contributed by atoms with E-state index in [0.717, 1.165) is 76.7 Å². The number of phenols is 1. The number of rotatable bonds is 38. The van der Waals surface area contributed by atoms with Crippen LogP contribution >= 0.6 is 0 Å². The third-order valence-corrected chi connectivity index (χ3v) is 10.8. The first-order chi connectivity index (χ1) is 27.6. The zero-order valence-corrected chi connectivity index (χ0v) is 36.1. The molecular weight excluding hydrogens is 717 g/mol. The van der Waals surface area contributed by atoms with Crippen LogP contribution in [0.5, 0.6) is 11.5 Å². The highest BCUT2D eigenvalue weighted by Crippen LogP contribution is 2.28. The lowest BCUT2D eigenvalue weighted by Gasteiger charge is -2.31. The number of methoxy groups -OCH3 is 1. The number of carbonyl (C=O) groups is 3. The molecule has 1 rings (SSSR count). The number of ketones is 3. The van der Waals surface area contributed by atoms with Crippen molar-refractivity contribution < 1.29 is 39.5 Å². The summed E-state index contributed by atoms with van der Waals surface area (Å²) in [6, 6.07) is 4.35. The molecule has 0 saturated carbocycles. The number of hydrogen-bond acceptors (Lipinski definition) is 8. The Morgan fingerprint density at radius 1 is 0.632 bits per heavy atom. The molecular formula is C49H80O8. The van der Waals surface area contributed by atoms with Crippen LogP contribution in [0.15, 0.2) is 48.6 Å². The maximum Gasteiger partial charge on any atom is 0.214 e. The van der Waals surface area contributed by atoms with Crippen LogP contribution in [-0.2, 0) is 14.4 Å². The van der Waals surface area contributed by atoms with Gasteiger partial charge in [0.1, 0.15) is 12.2 Å². The van der Waals surface area contributed by atoms with Gasteiger partial charge in [-0.15, -0.1) is 0 Å². The molecule has 0 radical (unpaired) electrons. The number of Topliss-reactive ketones (excluding diaryl/α,β-unsaturated/α-hetero) is 2. The lowest BCUT2D eigenvalue weighted by atomic mass is 9.80. The topological polar surface area (TPSA) is 141 Å². The molecule has 1 aromatic rings. The van der Waals surface area contributed by atoms with Crippen molar-refractivity contribution in [2.24, 2.45) is 0 Å². The average molecular weight is 797 g/mol. The van der Waals surface area contributed by atoms with Gasteiger partial charge < -0.3 is 25.2 Å². The summed E-state index contributed by atoms with van der Waals surface area (Å²) in [7, 11) is 1.38. The largest absolute Gasteiger partial charge is 0.504 e. The SMILES string of the molecule is CCCCCCCC/C=C\CCCCCCCC(=O)C(O)C(O)C(O)(C(=O)/C=C/c1ccc(O)c(OC)c1)C(=O)CCCCCCC/C=C\CCCCCCCC. The second-order valence-electron chi connectivity index (χ2n) is 15.8. The third-order valence-electron chi connectivity index (χ3n) is 10.8. The first-order valence-electron chi connectivity index (χ1n) is 22.7. The summed E-state index contributed by atoms with van der Waals surface area (Å²) in [5, 5.41) is 43.5. The number of aliphatic hydroxyl groups excluding tert-OH is 2. The molecule has 3 atom stereocenters. The van der Waals surface area contributed by atoms with Crippen molar-refractivity contribution in [2.75, 3.05) is 7.11 Å². The van der Waals surface area contributed by atoms with Gasteiger partial charge in [0, 0.05) is 12.8 Å². The van der Waals surface area contributed by atoms with Gasteiger partial charge in [0.05, 0.1) is 7.11 Å². The number of allylic oxidation sites excluding steroid dienone is 4. The first-order valence-corrected chi connectivity index (χ1v) is 22.7. The van der Waals surface area contributed by atoms with E-state index in [1.807, 2.05) is 0 Å². The predicted octanol–water partition coefficient (Wildman–Crippen LogP) is 11.6. The maximum absolute atomic E-state index is 13.5. The molecule has 0 fully saturated rings. The fourth-order valence-corrected chi connectivity index (χ4v) is 7.01. The van der Waals surface area contributed by atoms with E-state index in [-0.39, 0.29) is 24.3 Å². The van der Waals surface area contributed by atoms with Crippen molar-refractivity contribution in [3.05, 3.63) is 54.1 Å². The fraction of sp³-hybridized carbons (Fsp3) is 0.694. The van der Waals surface area contributed by atoms with E-state index in [0.29, 0.717) is 24.8 Å². The number of phenolic OH excluding ortho intramolecular Hbond substituents is 1. The Labute approximate surface area is 346 Å². The van der Waals surface area contributed by atoms with Crippen molar-refractivity contribution in [1.29, 1.82) is 0 Å². The minimum Gasteiger partial charge on any atom is -0.504 e. The lowest BCUT2D eigenvalue weighted by molar-refractivity contribution is -0.172. The summed E-state index contributed by atoms with van der Waals surface area (Å²) >= 11 is 0. The van der Waals surface area contributed by atoms with Gasteiger partial charge in [0.25, 0.3) is 0 Å². The Balaban J connectivity index is 2.64. The van der Waals surface area contributed by atoms with Gasteiger partial charge in [-0.3, -0.25) is 14.4 Å². The number of ether oxygens (including phenoxy) is 1. The normalized spacial score (nSPS) is 14.1. The van der Waals surface area contributed by atoms with Crippen LogP contribution in [0.1, 0.15) is 199 Å². The van der Waals surface area contributed by atoms with E-state index < -0.39 is 35.2 Å². The molecule has 0 spiro atoms. The zero-order chi connectivity index (χ0) is 42.0. The van der Waals surface area contributed by atoms with Gasteiger partial charge in [0.15, 0.2) is 28.8 Å². The number of unbranched alkanes of at least 4 members (excludes halogenated alkanes) is 22. The first kappa shape index (κ1) is 51.9. The molecule has 324 valence electrons. The van der Waals surface area contributed by atoms with Gasteiger partial charge in [-0.05, 0) is 88.0 Å². The Bertz CT molecular complexity index is 1300. The third kappa shape index (κ3) is 23.2. The molecule has 0 heterocycles. The number of hydrogen-bond donors (Lipinski definition) is 4. The van der Waals surface area contributed by atoms with Gasteiger partial charge in [-0.1, -0.05) is 153 Å². The Hall–Kier alpha value is -3.07. The van der Waals surface area contributed by atoms with E-state index in [2.05, 4.69) is 38.2 Å². The molecule has 4 N–H and O–H groups in total. The van der Waals surface area contributed by atoms with Gasteiger partial charge in [-0.25, -0.2) is 0 Å². The molecule has 0 aliphatic rings. The van der Waals surface area contributed by atoms with Gasteiger partial charge in [0.2, 0.25) is 5.60 Å². The van der Waals surface area contributed by atoms with Crippen molar-refractivity contribution >= 4 is 23.4 Å². The second-order valence-corrected chi connectivity index (χ2v) is 15.8. The van der Waals surface area contributed by atoms with E-state index in [1.54, 1.807) is 0 Å². The van der Waals surface area contributed by atoms with Crippen LogP contribution in [0.25, 0.3) is 6.08 Å². The van der Waals surface area contributed by atoms with Crippen LogP contribution in [-0.4, -0.2) is 62.7 Å². The lowest BCUT2D eigenvalue weighted by Crippen LogP contribution is -2.61. The van der Waals surface area contributed by atoms with E-state index in [1.165, 1.54) is 108 Å². The monoisotopic (exact) mass is 797 g/mol. The summed E-state index contributed by atoms with van der Waals surface area (Å²) in [5.74, 6) is -2.72. The highest BCUT2D eigenvalue weighted by Gasteiger charge is 2.52. The summed E-state index contributed by atoms with van der Waals surface area (Å²) in [6.45, 7) is 4.46. The molecule has 0 bridgehead atoms. The van der Waals surface area contributed by atoms with Crippen LogP contribution in [0.2, 0.25) is 0 Å². The molecule has 0 aliphatic heterocycles. The number of aromatic hydroxyl groups is 1. The Kier molecular flexibility index (Phi) is 30.9. The number of carbonyl (C=O) groups excluding carboxylic acids is 3. The Morgan fingerprint density at radius 2 is 1.05 bits per heavy atom. The van der Waals surface area contributed by atoms with Crippen LogP contribution in [0.4, 0.5) is 0 Å². The smallest absolute Gasteiger partial charge is 0.214 e. The van der Waals surface area contributed by atoms with E-state index in [4.69, 9.17) is 4.74 Å². The molecule has 0 saturated heterocycles. The molecule has 3 unspecified atom stereocenters. The molecule has 8 heteroatoms. The quantitative estimate of drug-likeness (QED) is 0.0224. The summed E-state index contributed by atoms with van der Waals surface area (Å²) in [4.78, 5) is 40.0. The van der Waals surface area contributed by atoms with Gasteiger partial charge in [-0.2, -0.15) is 0 Å². The summed E-state index contributed by atoms with van der Waals surface area (Å²) < 4.78 is 5.12. The second kappa shape index (κ2) is 33.9. The zero-order valence-electron chi connectivity index (χ0n) is 36.1. The van der Waals surface area contributed by atoms with E-state index in [9.17, 15) is 34.8 Å². The highest BCUT2D eigenvalue weighted by atomic mass is 16.5. The molecule has 0 amide bonds. The number of benzene rings is 1. The van der Waals surface area contributed by atoms with Crippen molar-refractivity contribution in [3.63, 3.8) is 0 Å². The van der Waals surface area contributed by atoms with Crippen molar-refractivity contribution in [1.82, 2.24) is 0 Å². The van der Waals surface area contributed by atoms with Crippen LogP contribution in [0.3, 0.4) is 0 Å². The molecule has 1 aromatic carbocycles. The Morgan fingerprint density at radius 3 is 1.51 bits per heavy atom. The summed E-state index contributed by atoms with van der Waals surface area (Å²) in [6.07, 6.45) is 34.8. The predicted molar refractivity (Wildman–Crippen MR) is 235 cm³/mol. The highest BCUT2D eigenvalue weighted by molar-refractivity contribution is 6.17. The molecule has 8 nitrogen and oxygen atoms in total. The fourth-order valence-electron chi connectivity index (χ4n) is 7.01. The van der Waals surface area contributed by atoms with Crippen molar-refractivity contribution in [3.8, 4) is 11.5 Å². The minimum absolute atomic E-state index is 0.0355. The van der Waals surface area contributed by atoms with Crippen LogP contribution in [0, 0.1) is 0 Å². The molecule has 57 heavy (non-hydrogen) atoms. The van der Waals surface area contributed by atoms with E-state index >= 15 is 0 Å². The average Bonchev–Trinajstić information content (AvgIpc) is 3.22. The molecule has 0 aromatic heterocycles. The van der Waals surface area contributed by atoms with Crippen molar-refractivity contribution in [2.45, 2.75) is 211 Å². The minimum atomic E-state index is -3.00. The number of aliphatic hydroxyl groups is 3. The van der Waals surface area contributed by atoms with Crippen LogP contribution < -0.4 is 4.74 Å². The maximum atomic E-state index is 13.5. The summed E-state index contributed by atoms with van der Waals surface area (Å²) in [5.41, 5.74) is -2.57.